The van der Waals surface area contributed by atoms with Gasteiger partial charge in [-0.1, -0.05) is 13.0 Å². The van der Waals surface area contributed by atoms with Crippen molar-refractivity contribution in [1.82, 2.24) is 0 Å². The van der Waals surface area contributed by atoms with E-state index >= 15 is 0 Å². The van der Waals surface area contributed by atoms with Crippen LogP contribution in [0.15, 0.2) is 23.1 Å². The number of methoxy groups -OCH3 is 1. The molecule has 3 heteroatoms. The number of ether oxygens (including phenoxy) is 1. The lowest BCUT2D eigenvalue weighted by Crippen LogP contribution is -1.97. The average molecular weight is 196 g/mol. The van der Waals surface area contributed by atoms with Gasteiger partial charge in [0, 0.05) is 16.9 Å². The van der Waals surface area contributed by atoms with Crippen LogP contribution in [0.2, 0.25) is 0 Å². The number of hydrogen-bond acceptors (Lipinski definition) is 3. The minimum Gasteiger partial charge on any atom is -0.496 e. The Morgan fingerprint density at radius 1 is 1.54 bits per heavy atom. The Kier molecular flexibility index (Phi) is 3.37. The van der Waals surface area contributed by atoms with Gasteiger partial charge < -0.3 is 4.74 Å². The Hall–Kier alpha value is -0.960. The molecular weight excluding hydrogens is 184 g/mol. The number of Topliss-reactive ketones (excluding diaryl/α,β-unsaturated/α-hetero) is 1. The van der Waals surface area contributed by atoms with E-state index in [-0.39, 0.29) is 5.78 Å². The maximum absolute atomic E-state index is 11.3. The molecule has 0 fully saturated rings. The molecular formula is C10H12O2S. The molecule has 1 aromatic rings. The summed E-state index contributed by atoms with van der Waals surface area (Å²) in [6, 6.07) is 5.25. The quantitative estimate of drug-likeness (QED) is 0.594. The van der Waals surface area contributed by atoms with Gasteiger partial charge in [0.15, 0.2) is 5.78 Å². The second kappa shape index (κ2) is 4.33. The van der Waals surface area contributed by atoms with Crippen LogP contribution in [0.25, 0.3) is 0 Å². The van der Waals surface area contributed by atoms with E-state index in [2.05, 4.69) is 12.6 Å². The van der Waals surface area contributed by atoms with Gasteiger partial charge in [-0.2, -0.15) is 0 Å². The number of carbonyl (C=O) groups excluding carboxylic acids is 1. The van der Waals surface area contributed by atoms with E-state index in [9.17, 15) is 4.79 Å². The Balaban J connectivity index is 3.06. The first kappa shape index (κ1) is 10.1. The van der Waals surface area contributed by atoms with Crippen LogP contribution < -0.4 is 4.74 Å². The molecule has 0 aliphatic carbocycles. The minimum absolute atomic E-state index is 0.117. The number of thiol groups is 1. The second-order valence-electron chi connectivity index (χ2n) is 2.66. The predicted molar refractivity (Wildman–Crippen MR) is 54.9 cm³/mol. The third-order valence-corrected chi connectivity index (χ3v) is 2.19. The third kappa shape index (κ3) is 2.25. The lowest BCUT2D eigenvalue weighted by atomic mass is 10.1. The van der Waals surface area contributed by atoms with E-state index in [0.717, 1.165) is 4.90 Å². The van der Waals surface area contributed by atoms with E-state index < -0.39 is 0 Å². The second-order valence-corrected chi connectivity index (χ2v) is 3.15. The van der Waals surface area contributed by atoms with Crippen molar-refractivity contribution >= 4 is 18.4 Å². The third-order valence-electron chi connectivity index (χ3n) is 1.82. The molecule has 0 saturated heterocycles. The van der Waals surface area contributed by atoms with Gasteiger partial charge in [0.25, 0.3) is 0 Å². The maximum Gasteiger partial charge on any atom is 0.162 e. The molecule has 0 heterocycles. The van der Waals surface area contributed by atoms with Crippen molar-refractivity contribution in [3.05, 3.63) is 23.8 Å². The lowest BCUT2D eigenvalue weighted by Gasteiger charge is -2.05. The molecule has 70 valence electrons. The molecule has 0 unspecified atom stereocenters. The van der Waals surface area contributed by atoms with Gasteiger partial charge in [-0.05, 0) is 12.1 Å². The van der Waals surface area contributed by atoms with Crippen molar-refractivity contribution in [3.63, 3.8) is 0 Å². The van der Waals surface area contributed by atoms with Crippen molar-refractivity contribution in [3.8, 4) is 5.75 Å². The summed E-state index contributed by atoms with van der Waals surface area (Å²) < 4.78 is 5.05. The van der Waals surface area contributed by atoms with E-state index in [0.29, 0.717) is 17.7 Å². The topological polar surface area (TPSA) is 26.3 Å². The van der Waals surface area contributed by atoms with Crippen LogP contribution in [0.1, 0.15) is 23.7 Å². The Morgan fingerprint density at radius 3 is 2.77 bits per heavy atom. The molecule has 0 N–H and O–H groups in total. The summed E-state index contributed by atoms with van der Waals surface area (Å²) in [6.45, 7) is 1.84. The first-order chi connectivity index (χ1) is 6.19. The molecule has 0 radical (unpaired) electrons. The molecule has 0 amide bonds. The molecule has 0 aliphatic heterocycles. The first-order valence-electron chi connectivity index (χ1n) is 4.09. The highest BCUT2D eigenvalue weighted by Gasteiger charge is 2.06. The van der Waals surface area contributed by atoms with Gasteiger partial charge in [0.1, 0.15) is 5.75 Å². The molecule has 13 heavy (non-hydrogen) atoms. The summed E-state index contributed by atoms with van der Waals surface area (Å²) in [5.74, 6) is 0.759. The average Bonchev–Trinajstić information content (AvgIpc) is 2.17. The SMILES string of the molecule is CCC(=O)c1ccc(S)c(OC)c1. The Bertz CT molecular complexity index is 321. The van der Waals surface area contributed by atoms with Crippen molar-refractivity contribution in [2.24, 2.45) is 0 Å². The van der Waals surface area contributed by atoms with Crippen LogP contribution >= 0.6 is 12.6 Å². The van der Waals surface area contributed by atoms with Gasteiger partial charge in [0.2, 0.25) is 0 Å². The van der Waals surface area contributed by atoms with Gasteiger partial charge >= 0.3 is 0 Å². The van der Waals surface area contributed by atoms with Crippen molar-refractivity contribution in [2.75, 3.05) is 7.11 Å². The molecule has 1 aromatic carbocycles. The van der Waals surface area contributed by atoms with Gasteiger partial charge in [-0.3, -0.25) is 4.79 Å². The fourth-order valence-corrected chi connectivity index (χ4v) is 1.29. The van der Waals surface area contributed by atoms with Gasteiger partial charge in [0.05, 0.1) is 7.11 Å². The van der Waals surface area contributed by atoms with Crippen molar-refractivity contribution < 1.29 is 9.53 Å². The molecule has 0 aliphatic rings. The van der Waals surface area contributed by atoms with Crippen LogP contribution in [0.5, 0.6) is 5.75 Å². The highest BCUT2D eigenvalue weighted by Crippen LogP contribution is 2.23. The maximum atomic E-state index is 11.3. The molecule has 0 aromatic heterocycles. The van der Waals surface area contributed by atoms with Gasteiger partial charge in [-0.25, -0.2) is 0 Å². The summed E-state index contributed by atoms with van der Waals surface area (Å²) in [7, 11) is 1.56. The molecule has 0 saturated carbocycles. The number of rotatable bonds is 3. The fourth-order valence-electron chi connectivity index (χ4n) is 1.06. The van der Waals surface area contributed by atoms with E-state index in [1.165, 1.54) is 0 Å². The zero-order valence-electron chi connectivity index (χ0n) is 7.70. The zero-order valence-corrected chi connectivity index (χ0v) is 8.60. The molecule has 0 spiro atoms. The molecule has 0 atom stereocenters. The monoisotopic (exact) mass is 196 g/mol. The van der Waals surface area contributed by atoms with E-state index in [1.54, 1.807) is 25.3 Å². The zero-order chi connectivity index (χ0) is 9.84. The minimum atomic E-state index is 0.117. The summed E-state index contributed by atoms with van der Waals surface area (Å²) in [6.07, 6.45) is 0.509. The van der Waals surface area contributed by atoms with Crippen molar-refractivity contribution in [1.29, 1.82) is 0 Å². The largest absolute Gasteiger partial charge is 0.496 e. The fraction of sp³-hybridized carbons (Fsp3) is 0.300. The Morgan fingerprint density at radius 2 is 2.23 bits per heavy atom. The van der Waals surface area contributed by atoms with Crippen LogP contribution in [-0.2, 0) is 0 Å². The molecule has 2 nitrogen and oxygen atoms in total. The summed E-state index contributed by atoms with van der Waals surface area (Å²) in [5.41, 5.74) is 0.678. The summed E-state index contributed by atoms with van der Waals surface area (Å²) in [4.78, 5) is 12.1. The lowest BCUT2D eigenvalue weighted by molar-refractivity contribution is 0.0987. The highest BCUT2D eigenvalue weighted by atomic mass is 32.1. The van der Waals surface area contributed by atoms with Crippen molar-refractivity contribution in [2.45, 2.75) is 18.2 Å². The van der Waals surface area contributed by atoms with Crippen LogP contribution in [0.3, 0.4) is 0 Å². The Labute approximate surface area is 83.3 Å². The number of ketones is 1. The summed E-state index contributed by atoms with van der Waals surface area (Å²) >= 11 is 4.19. The van der Waals surface area contributed by atoms with Crippen LogP contribution in [-0.4, -0.2) is 12.9 Å². The van der Waals surface area contributed by atoms with Crippen LogP contribution in [0.4, 0.5) is 0 Å². The number of benzene rings is 1. The highest BCUT2D eigenvalue weighted by molar-refractivity contribution is 7.80. The van der Waals surface area contributed by atoms with E-state index in [1.807, 2.05) is 6.92 Å². The predicted octanol–water partition coefficient (Wildman–Crippen LogP) is 2.58. The molecule has 1 rings (SSSR count). The number of carbonyl (C=O) groups is 1. The standard InChI is InChI=1S/C10H12O2S/c1-3-8(11)7-4-5-10(13)9(6-7)12-2/h4-6,13H,3H2,1-2H3. The van der Waals surface area contributed by atoms with E-state index in [4.69, 9.17) is 4.74 Å². The number of hydrogen-bond donors (Lipinski definition) is 1. The summed E-state index contributed by atoms with van der Waals surface area (Å²) in [5, 5.41) is 0. The van der Waals surface area contributed by atoms with Crippen LogP contribution in [0, 0.1) is 0 Å². The molecule has 0 bridgehead atoms. The smallest absolute Gasteiger partial charge is 0.162 e. The normalized spacial score (nSPS) is 9.77. The first-order valence-corrected chi connectivity index (χ1v) is 4.54. The van der Waals surface area contributed by atoms with Gasteiger partial charge in [-0.15, -0.1) is 12.6 Å².